The first-order valence-electron chi connectivity index (χ1n) is 14.0. The second-order valence-corrected chi connectivity index (χ2v) is 12.9. The summed E-state index contributed by atoms with van der Waals surface area (Å²) in [7, 11) is -4.09. The van der Waals surface area contributed by atoms with Gasteiger partial charge in [-0.3, -0.25) is 9.59 Å². The molecule has 0 bridgehead atoms. The third-order valence-electron chi connectivity index (χ3n) is 7.14. The number of para-hydroxylation sites is 1. The van der Waals surface area contributed by atoms with E-state index < -0.39 is 27.9 Å². The minimum absolute atomic E-state index is 0.0210. The van der Waals surface area contributed by atoms with Crippen molar-refractivity contribution in [3.8, 4) is 11.1 Å². The van der Waals surface area contributed by atoms with Gasteiger partial charge in [-0.25, -0.2) is 13.1 Å². The highest BCUT2D eigenvalue weighted by molar-refractivity contribution is 7.90. The van der Waals surface area contributed by atoms with E-state index in [2.05, 4.69) is 34.3 Å². The Labute approximate surface area is 256 Å². The first-order chi connectivity index (χ1) is 20.6. The zero-order valence-corrected chi connectivity index (χ0v) is 25.4. The molecule has 1 atom stereocenters. The minimum atomic E-state index is -4.09. The maximum absolute atomic E-state index is 13.6. The van der Waals surface area contributed by atoms with Gasteiger partial charge in [0.05, 0.1) is 10.5 Å². The van der Waals surface area contributed by atoms with Gasteiger partial charge in [0.15, 0.2) is 0 Å². The molecule has 0 aliphatic carbocycles. The quantitative estimate of drug-likeness (QED) is 0.184. The fraction of sp³-hybridized carbons (Fsp3) is 0.176. The Morgan fingerprint density at radius 3 is 2.07 bits per heavy atom. The number of sulfonamides is 1. The summed E-state index contributed by atoms with van der Waals surface area (Å²) in [4.78, 5) is 26.8. The van der Waals surface area contributed by atoms with E-state index >= 15 is 0 Å². The van der Waals surface area contributed by atoms with Crippen molar-refractivity contribution in [3.05, 3.63) is 125 Å². The van der Waals surface area contributed by atoms with Crippen LogP contribution in [0.1, 0.15) is 36.2 Å². The summed E-state index contributed by atoms with van der Waals surface area (Å²) < 4.78 is 29.7. The number of nitrogens with one attached hydrogen (secondary N) is 2. The van der Waals surface area contributed by atoms with E-state index in [0.29, 0.717) is 17.1 Å². The van der Waals surface area contributed by atoms with Crippen molar-refractivity contribution in [1.82, 2.24) is 14.6 Å². The summed E-state index contributed by atoms with van der Waals surface area (Å²) in [5.41, 5.74) is 4.46. The second kappa shape index (κ2) is 12.9. The molecular formula is C34H32ClN3O4S. The van der Waals surface area contributed by atoms with Crippen LogP contribution in [0.25, 0.3) is 22.0 Å². The number of hydrogen-bond acceptors (Lipinski definition) is 4. The number of fused-ring (bicyclic) bond motifs is 1. The maximum atomic E-state index is 13.6. The van der Waals surface area contributed by atoms with Crippen molar-refractivity contribution in [3.63, 3.8) is 0 Å². The summed E-state index contributed by atoms with van der Waals surface area (Å²) in [6, 6.07) is 30.1. The SMILES string of the molecule is CC(C)C[C@H](NC(=O)c1cn(Cc2ccc(-c3ccc(Cl)cc3)cc2)c2ccccc12)C(=O)NS(=O)(=O)c1ccccc1. The molecule has 0 aliphatic heterocycles. The highest BCUT2D eigenvalue weighted by atomic mass is 35.5. The molecule has 0 unspecified atom stereocenters. The number of halogens is 1. The number of hydrogen-bond donors (Lipinski definition) is 2. The van der Waals surface area contributed by atoms with Gasteiger partial charge in [-0.1, -0.05) is 98.2 Å². The Kier molecular flexibility index (Phi) is 8.99. The molecule has 7 nitrogen and oxygen atoms in total. The van der Waals surface area contributed by atoms with Gasteiger partial charge in [0.1, 0.15) is 6.04 Å². The minimum Gasteiger partial charge on any atom is -0.342 e. The van der Waals surface area contributed by atoms with Crippen LogP contribution in [-0.4, -0.2) is 30.8 Å². The van der Waals surface area contributed by atoms with Gasteiger partial charge < -0.3 is 9.88 Å². The van der Waals surface area contributed by atoms with Crippen molar-refractivity contribution in [1.29, 1.82) is 0 Å². The predicted octanol–water partition coefficient (Wildman–Crippen LogP) is 6.66. The van der Waals surface area contributed by atoms with Gasteiger partial charge in [-0.15, -0.1) is 0 Å². The molecule has 0 radical (unpaired) electrons. The molecular weight excluding hydrogens is 582 g/mol. The van der Waals surface area contributed by atoms with Gasteiger partial charge in [0, 0.05) is 28.7 Å². The lowest BCUT2D eigenvalue weighted by molar-refractivity contribution is -0.121. The number of aromatic nitrogens is 1. The summed E-state index contributed by atoms with van der Waals surface area (Å²) in [6.45, 7) is 4.34. The molecule has 4 aromatic carbocycles. The van der Waals surface area contributed by atoms with Crippen molar-refractivity contribution in [2.24, 2.45) is 5.92 Å². The smallest absolute Gasteiger partial charge is 0.264 e. The molecule has 0 saturated carbocycles. The first-order valence-corrected chi connectivity index (χ1v) is 15.8. The molecule has 1 aromatic heterocycles. The van der Waals surface area contributed by atoms with Gasteiger partial charge >= 0.3 is 0 Å². The third kappa shape index (κ3) is 7.16. The average Bonchev–Trinajstić information content (AvgIpc) is 3.36. The molecule has 2 amide bonds. The number of nitrogens with zero attached hydrogens (tertiary/aromatic N) is 1. The number of rotatable bonds is 10. The van der Waals surface area contributed by atoms with Gasteiger partial charge in [-0.2, -0.15) is 0 Å². The van der Waals surface area contributed by atoms with E-state index in [0.717, 1.165) is 27.6 Å². The molecule has 220 valence electrons. The van der Waals surface area contributed by atoms with E-state index in [4.69, 9.17) is 11.6 Å². The molecule has 43 heavy (non-hydrogen) atoms. The van der Waals surface area contributed by atoms with Crippen LogP contribution in [0.15, 0.2) is 114 Å². The van der Waals surface area contributed by atoms with E-state index in [1.807, 2.05) is 66.9 Å². The largest absolute Gasteiger partial charge is 0.342 e. The van der Waals surface area contributed by atoms with E-state index in [1.165, 1.54) is 12.1 Å². The van der Waals surface area contributed by atoms with Crippen LogP contribution in [0.4, 0.5) is 0 Å². The Morgan fingerprint density at radius 1 is 0.814 bits per heavy atom. The molecule has 5 aromatic rings. The standard InChI is InChI=1S/C34H32ClN3O4S/c1-23(2)20-31(34(40)37-43(41,42)28-8-4-3-5-9-28)36-33(39)30-22-38(32-11-7-6-10-29(30)32)21-24-12-14-25(15-13-24)26-16-18-27(35)19-17-26/h3-19,22-23,31H,20-21H2,1-2H3,(H,36,39)(H,37,40)/t31-/m0/s1. The lowest BCUT2D eigenvalue weighted by atomic mass is 10.0. The van der Waals surface area contributed by atoms with Crippen molar-refractivity contribution in [2.75, 3.05) is 0 Å². The first kappa shape index (κ1) is 30.1. The van der Waals surface area contributed by atoms with Crippen LogP contribution < -0.4 is 10.0 Å². The molecule has 0 aliphatic rings. The lowest BCUT2D eigenvalue weighted by Crippen LogP contribution is -2.49. The predicted molar refractivity (Wildman–Crippen MR) is 170 cm³/mol. The fourth-order valence-corrected chi connectivity index (χ4v) is 6.17. The van der Waals surface area contributed by atoms with Crippen LogP contribution in [0, 0.1) is 5.92 Å². The van der Waals surface area contributed by atoms with Crippen molar-refractivity contribution >= 4 is 44.3 Å². The van der Waals surface area contributed by atoms with Gasteiger partial charge in [0.25, 0.3) is 21.8 Å². The lowest BCUT2D eigenvalue weighted by Gasteiger charge is -2.20. The second-order valence-electron chi connectivity index (χ2n) is 10.8. The van der Waals surface area contributed by atoms with Crippen LogP contribution in [0.5, 0.6) is 0 Å². The molecule has 0 spiro atoms. The molecule has 0 saturated heterocycles. The van der Waals surface area contributed by atoms with E-state index in [9.17, 15) is 18.0 Å². The topological polar surface area (TPSA) is 97.3 Å². The number of carbonyl (C=O) groups is 2. The van der Waals surface area contributed by atoms with Crippen LogP contribution in [0.2, 0.25) is 5.02 Å². The van der Waals surface area contributed by atoms with Crippen LogP contribution >= 0.6 is 11.6 Å². The molecule has 2 N–H and O–H groups in total. The van der Waals surface area contributed by atoms with E-state index in [1.54, 1.807) is 24.4 Å². The Bertz CT molecular complexity index is 1850. The third-order valence-corrected chi connectivity index (χ3v) is 8.75. The molecule has 9 heteroatoms. The number of amides is 2. The maximum Gasteiger partial charge on any atom is 0.264 e. The summed E-state index contributed by atoms with van der Waals surface area (Å²) in [5.74, 6) is -1.21. The highest BCUT2D eigenvalue weighted by Crippen LogP contribution is 2.25. The zero-order chi connectivity index (χ0) is 30.6. The molecule has 0 fully saturated rings. The van der Waals surface area contributed by atoms with Gasteiger partial charge in [-0.05, 0) is 59.4 Å². The Morgan fingerprint density at radius 2 is 1.42 bits per heavy atom. The molecule has 5 rings (SSSR count). The van der Waals surface area contributed by atoms with Crippen LogP contribution in [0.3, 0.4) is 0 Å². The summed E-state index contributed by atoms with van der Waals surface area (Å²) in [6.07, 6.45) is 2.04. The monoisotopic (exact) mass is 613 g/mol. The normalized spacial score (nSPS) is 12.3. The summed E-state index contributed by atoms with van der Waals surface area (Å²) >= 11 is 6.03. The average molecular weight is 614 g/mol. The van der Waals surface area contributed by atoms with E-state index in [-0.39, 0.29) is 17.2 Å². The number of carbonyl (C=O) groups excluding carboxylic acids is 2. The van der Waals surface area contributed by atoms with Crippen molar-refractivity contribution < 1.29 is 18.0 Å². The van der Waals surface area contributed by atoms with Gasteiger partial charge in [0.2, 0.25) is 0 Å². The zero-order valence-electron chi connectivity index (χ0n) is 23.8. The Balaban J connectivity index is 1.37. The van der Waals surface area contributed by atoms with Crippen molar-refractivity contribution in [2.45, 2.75) is 37.8 Å². The molecule has 1 heterocycles. The number of benzene rings is 4. The summed E-state index contributed by atoms with van der Waals surface area (Å²) in [5, 5.41) is 4.22. The highest BCUT2D eigenvalue weighted by Gasteiger charge is 2.28. The van der Waals surface area contributed by atoms with Crippen LogP contribution in [-0.2, 0) is 21.4 Å². The Hall–Kier alpha value is -4.40. The fourth-order valence-electron chi connectivity index (χ4n) is 5.00.